The lowest BCUT2D eigenvalue weighted by Crippen LogP contribution is -2.42. The van der Waals surface area contributed by atoms with Crippen LogP contribution in [0.3, 0.4) is 0 Å². The standard InChI is InChI=1S/C25H22ClN3O2S/c1-16-25(31)29(15-23(30)28-19-9-6-10-20(14-19)32-2)22-12-11-18(26)13-21(22)24(27-16)17-7-4-3-5-8-17/h3-14,16H,15H2,1-2H3,(H,28,30)/t16-/m0/s1. The van der Waals surface area contributed by atoms with Gasteiger partial charge in [0, 0.05) is 26.7 Å². The fraction of sp³-hybridized carbons (Fsp3) is 0.160. The normalized spacial score (nSPS) is 15.6. The third-order valence-electron chi connectivity index (χ3n) is 5.15. The molecule has 0 radical (unpaired) electrons. The molecule has 4 rings (SSSR count). The van der Waals surface area contributed by atoms with Crippen LogP contribution in [-0.2, 0) is 9.59 Å². The second-order valence-corrected chi connectivity index (χ2v) is 8.70. The molecule has 2 amide bonds. The van der Waals surface area contributed by atoms with E-state index in [-0.39, 0.29) is 18.4 Å². The van der Waals surface area contributed by atoms with Crippen LogP contribution in [0.5, 0.6) is 0 Å². The van der Waals surface area contributed by atoms with Crippen LogP contribution in [0.4, 0.5) is 11.4 Å². The molecule has 3 aromatic carbocycles. The molecule has 0 spiro atoms. The summed E-state index contributed by atoms with van der Waals surface area (Å²) >= 11 is 7.90. The van der Waals surface area contributed by atoms with E-state index in [1.54, 1.807) is 36.9 Å². The number of hydrogen-bond acceptors (Lipinski definition) is 4. The van der Waals surface area contributed by atoms with E-state index in [0.717, 1.165) is 16.0 Å². The third-order valence-corrected chi connectivity index (χ3v) is 6.11. The van der Waals surface area contributed by atoms with Crippen LogP contribution < -0.4 is 10.2 Å². The molecule has 162 valence electrons. The maximum absolute atomic E-state index is 13.3. The lowest BCUT2D eigenvalue weighted by atomic mass is 10.00. The average molecular weight is 464 g/mol. The van der Waals surface area contributed by atoms with Crippen LogP contribution in [-0.4, -0.2) is 36.4 Å². The van der Waals surface area contributed by atoms with Gasteiger partial charge in [0.2, 0.25) is 5.91 Å². The molecule has 1 aliphatic heterocycles. The van der Waals surface area contributed by atoms with Gasteiger partial charge in [-0.2, -0.15) is 0 Å². The fourth-order valence-electron chi connectivity index (χ4n) is 3.63. The highest BCUT2D eigenvalue weighted by atomic mass is 35.5. The Morgan fingerprint density at radius 3 is 2.62 bits per heavy atom. The molecular formula is C25H22ClN3O2S. The van der Waals surface area contributed by atoms with Crippen molar-refractivity contribution in [2.45, 2.75) is 17.9 Å². The Morgan fingerprint density at radius 2 is 1.88 bits per heavy atom. The van der Waals surface area contributed by atoms with Gasteiger partial charge in [-0.3, -0.25) is 14.6 Å². The number of halogens is 1. The lowest BCUT2D eigenvalue weighted by molar-refractivity contribution is -0.122. The average Bonchev–Trinajstić information content (AvgIpc) is 2.90. The molecule has 0 fully saturated rings. The predicted octanol–water partition coefficient (Wildman–Crippen LogP) is 5.27. The van der Waals surface area contributed by atoms with Gasteiger partial charge < -0.3 is 10.2 Å². The molecule has 7 heteroatoms. The van der Waals surface area contributed by atoms with E-state index >= 15 is 0 Å². The first kappa shape index (κ1) is 22.1. The zero-order chi connectivity index (χ0) is 22.7. The number of aliphatic imine (C=N–C) groups is 1. The molecule has 0 aromatic heterocycles. The summed E-state index contributed by atoms with van der Waals surface area (Å²) in [6, 6.07) is 21.9. The first-order valence-corrected chi connectivity index (χ1v) is 11.7. The molecule has 1 N–H and O–H groups in total. The van der Waals surface area contributed by atoms with E-state index in [1.165, 1.54) is 4.90 Å². The van der Waals surface area contributed by atoms with Gasteiger partial charge in [0.15, 0.2) is 0 Å². The highest BCUT2D eigenvalue weighted by Crippen LogP contribution is 2.31. The Balaban J connectivity index is 1.69. The van der Waals surface area contributed by atoms with Crippen LogP contribution in [0, 0.1) is 0 Å². The van der Waals surface area contributed by atoms with Crippen LogP contribution in [0.15, 0.2) is 82.7 Å². The quantitative estimate of drug-likeness (QED) is 0.524. The summed E-state index contributed by atoms with van der Waals surface area (Å²) in [5, 5.41) is 3.43. The molecule has 1 heterocycles. The van der Waals surface area contributed by atoms with E-state index in [1.807, 2.05) is 60.9 Å². The number of amides is 2. The Bertz CT molecular complexity index is 1200. The molecule has 0 bridgehead atoms. The van der Waals surface area contributed by atoms with Crippen molar-refractivity contribution in [2.75, 3.05) is 23.0 Å². The van der Waals surface area contributed by atoms with Gasteiger partial charge in [0.1, 0.15) is 12.6 Å². The zero-order valence-electron chi connectivity index (χ0n) is 17.7. The Kier molecular flexibility index (Phi) is 6.63. The number of carbonyl (C=O) groups excluding carboxylic acids is 2. The summed E-state index contributed by atoms with van der Waals surface area (Å²) in [5.41, 5.74) is 3.59. The molecular weight excluding hydrogens is 442 g/mol. The van der Waals surface area contributed by atoms with Crippen LogP contribution >= 0.6 is 23.4 Å². The first-order chi connectivity index (χ1) is 15.5. The number of benzene rings is 3. The van der Waals surface area contributed by atoms with E-state index < -0.39 is 6.04 Å². The Labute approximate surface area is 196 Å². The minimum Gasteiger partial charge on any atom is -0.324 e. The maximum atomic E-state index is 13.3. The number of anilines is 2. The minimum atomic E-state index is -0.649. The molecule has 0 unspecified atom stereocenters. The molecule has 1 aliphatic rings. The summed E-state index contributed by atoms with van der Waals surface area (Å²) in [4.78, 5) is 33.4. The van der Waals surface area contributed by atoms with Gasteiger partial charge in [-0.1, -0.05) is 48.0 Å². The summed E-state index contributed by atoms with van der Waals surface area (Å²) in [5.74, 6) is -0.527. The van der Waals surface area contributed by atoms with Crippen molar-refractivity contribution in [1.82, 2.24) is 0 Å². The molecule has 3 aromatic rings. The van der Waals surface area contributed by atoms with Gasteiger partial charge in [-0.15, -0.1) is 11.8 Å². The Hall–Kier alpha value is -3.09. The topological polar surface area (TPSA) is 61.8 Å². The zero-order valence-corrected chi connectivity index (χ0v) is 19.3. The first-order valence-electron chi connectivity index (χ1n) is 10.1. The molecule has 32 heavy (non-hydrogen) atoms. The molecule has 0 saturated heterocycles. The maximum Gasteiger partial charge on any atom is 0.252 e. The number of benzodiazepines with no additional fused rings is 1. The highest BCUT2D eigenvalue weighted by Gasteiger charge is 2.31. The van der Waals surface area contributed by atoms with Gasteiger partial charge in [0.25, 0.3) is 5.91 Å². The minimum absolute atomic E-state index is 0.126. The van der Waals surface area contributed by atoms with E-state index in [4.69, 9.17) is 16.6 Å². The van der Waals surface area contributed by atoms with E-state index in [2.05, 4.69) is 5.32 Å². The monoisotopic (exact) mass is 463 g/mol. The number of nitrogens with zero attached hydrogens (tertiary/aromatic N) is 2. The second-order valence-electron chi connectivity index (χ2n) is 7.39. The number of carbonyl (C=O) groups is 2. The van der Waals surface area contributed by atoms with Crippen molar-refractivity contribution in [1.29, 1.82) is 0 Å². The SMILES string of the molecule is CSc1cccc(NC(=O)CN2C(=O)[C@H](C)N=C(c3ccccc3)c3cc(Cl)ccc32)c1. The van der Waals surface area contributed by atoms with Crippen molar-refractivity contribution in [3.63, 3.8) is 0 Å². The molecule has 0 saturated carbocycles. The van der Waals surface area contributed by atoms with E-state index in [9.17, 15) is 9.59 Å². The van der Waals surface area contributed by atoms with Crippen LogP contribution in [0.2, 0.25) is 5.02 Å². The third kappa shape index (κ3) is 4.71. The van der Waals surface area contributed by atoms with Crippen molar-refractivity contribution in [2.24, 2.45) is 4.99 Å². The van der Waals surface area contributed by atoms with Crippen LogP contribution in [0.1, 0.15) is 18.1 Å². The van der Waals surface area contributed by atoms with Crippen molar-refractivity contribution in [3.05, 3.63) is 88.9 Å². The number of fused-ring (bicyclic) bond motifs is 1. The van der Waals surface area contributed by atoms with Crippen molar-refractivity contribution < 1.29 is 9.59 Å². The largest absolute Gasteiger partial charge is 0.324 e. The Morgan fingerprint density at radius 1 is 1.09 bits per heavy atom. The van der Waals surface area contributed by atoms with Gasteiger partial charge >= 0.3 is 0 Å². The smallest absolute Gasteiger partial charge is 0.252 e. The molecule has 1 atom stereocenters. The number of nitrogens with one attached hydrogen (secondary N) is 1. The summed E-state index contributed by atoms with van der Waals surface area (Å²) in [6.07, 6.45) is 1.98. The molecule has 5 nitrogen and oxygen atoms in total. The summed E-state index contributed by atoms with van der Waals surface area (Å²) in [6.45, 7) is 1.62. The second kappa shape index (κ2) is 9.59. The van der Waals surface area contributed by atoms with Gasteiger partial charge in [0.05, 0.1) is 11.4 Å². The molecule has 0 aliphatic carbocycles. The lowest BCUT2D eigenvalue weighted by Gasteiger charge is -2.24. The fourth-order valence-corrected chi connectivity index (χ4v) is 4.26. The number of hydrogen-bond donors (Lipinski definition) is 1. The van der Waals surface area contributed by atoms with Crippen LogP contribution in [0.25, 0.3) is 0 Å². The summed E-state index contributed by atoms with van der Waals surface area (Å²) in [7, 11) is 0. The highest BCUT2D eigenvalue weighted by molar-refractivity contribution is 7.98. The summed E-state index contributed by atoms with van der Waals surface area (Å²) < 4.78 is 0. The number of thioether (sulfide) groups is 1. The van der Waals surface area contributed by atoms with Crippen molar-refractivity contribution >= 4 is 52.3 Å². The number of rotatable bonds is 5. The predicted molar refractivity (Wildman–Crippen MR) is 132 cm³/mol. The van der Waals surface area contributed by atoms with Gasteiger partial charge in [-0.25, -0.2) is 0 Å². The van der Waals surface area contributed by atoms with Gasteiger partial charge in [-0.05, 0) is 49.6 Å². The van der Waals surface area contributed by atoms with E-state index in [0.29, 0.717) is 22.1 Å². The van der Waals surface area contributed by atoms with Crippen molar-refractivity contribution in [3.8, 4) is 0 Å².